The Bertz CT molecular complexity index is 650. The number of hydrogen-bond acceptors (Lipinski definition) is 3. The van der Waals surface area contributed by atoms with E-state index in [0.29, 0.717) is 11.8 Å². The predicted octanol–water partition coefficient (Wildman–Crippen LogP) is 3.89. The molecule has 0 aromatic heterocycles. The van der Waals surface area contributed by atoms with Crippen LogP contribution in [0.1, 0.15) is 63.9 Å². The number of nitrogens with one attached hydrogen (secondary N) is 2. The monoisotopic (exact) mass is 357 g/mol. The standard InChI is InChI=1S/C21H31N3O2/c1-15(2)17-9-11-18(12-10-17)26-14-21(13-16-7-5-4-6-8-16)19(25)24(3)20(22)23-21/h9-12,15-16H,4-8,13-14H2,1-3H3,(H2,22,23). The van der Waals surface area contributed by atoms with Crippen molar-refractivity contribution < 1.29 is 9.53 Å². The number of guanidine groups is 1. The molecule has 1 aromatic rings. The number of benzene rings is 1. The van der Waals surface area contributed by atoms with E-state index in [9.17, 15) is 4.79 Å². The summed E-state index contributed by atoms with van der Waals surface area (Å²) in [5.41, 5.74) is 0.454. The van der Waals surface area contributed by atoms with Gasteiger partial charge in [0.05, 0.1) is 0 Å². The van der Waals surface area contributed by atoms with Gasteiger partial charge in [0.15, 0.2) is 11.5 Å². The number of carbonyl (C=O) groups excluding carboxylic acids is 1. The van der Waals surface area contributed by atoms with E-state index in [1.165, 1.54) is 29.7 Å². The fraction of sp³-hybridized carbons (Fsp3) is 0.619. The van der Waals surface area contributed by atoms with Crippen LogP contribution < -0.4 is 10.1 Å². The van der Waals surface area contributed by atoms with Gasteiger partial charge >= 0.3 is 0 Å². The molecule has 5 heteroatoms. The van der Waals surface area contributed by atoms with E-state index in [4.69, 9.17) is 10.1 Å². The largest absolute Gasteiger partial charge is 0.491 e. The topological polar surface area (TPSA) is 65.4 Å². The smallest absolute Gasteiger partial charge is 0.258 e. The molecule has 3 rings (SSSR count). The highest BCUT2D eigenvalue weighted by Gasteiger charge is 2.50. The van der Waals surface area contributed by atoms with Crippen LogP contribution >= 0.6 is 0 Å². The van der Waals surface area contributed by atoms with Crippen LogP contribution in [-0.4, -0.2) is 36.0 Å². The van der Waals surface area contributed by atoms with Gasteiger partial charge < -0.3 is 10.1 Å². The molecule has 0 radical (unpaired) electrons. The average molecular weight is 357 g/mol. The van der Waals surface area contributed by atoms with Crippen molar-refractivity contribution in [2.45, 2.75) is 63.8 Å². The molecular formula is C21H31N3O2. The maximum Gasteiger partial charge on any atom is 0.258 e. The molecule has 2 aliphatic rings. The first-order valence-corrected chi connectivity index (χ1v) is 9.79. The van der Waals surface area contributed by atoms with Crippen molar-refractivity contribution in [2.75, 3.05) is 13.7 Å². The van der Waals surface area contributed by atoms with Crippen LogP contribution in [0.2, 0.25) is 0 Å². The van der Waals surface area contributed by atoms with Crippen LogP contribution in [0.15, 0.2) is 24.3 Å². The molecule has 1 saturated heterocycles. The molecule has 26 heavy (non-hydrogen) atoms. The van der Waals surface area contributed by atoms with Gasteiger partial charge in [-0.1, -0.05) is 58.1 Å². The van der Waals surface area contributed by atoms with Gasteiger partial charge in [-0.3, -0.25) is 15.1 Å². The van der Waals surface area contributed by atoms with E-state index in [0.717, 1.165) is 25.0 Å². The fourth-order valence-corrected chi connectivity index (χ4v) is 4.12. The maximum absolute atomic E-state index is 12.9. The van der Waals surface area contributed by atoms with Crippen LogP contribution in [0.3, 0.4) is 0 Å². The summed E-state index contributed by atoms with van der Waals surface area (Å²) in [5.74, 6) is 1.89. The van der Waals surface area contributed by atoms with Crippen LogP contribution in [0.25, 0.3) is 0 Å². The Morgan fingerprint density at radius 3 is 2.42 bits per heavy atom. The molecule has 1 atom stereocenters. The van der Waals surface area contributed by atoms with Crippen molar-refractivity contribution in [3.8, 4) is 5.75 Å². The van der Waals surface area contributed by atoms with Crippen molar-refractivity contribution >= 4 is 11.9 Å². The first-order valence-electron chi connectivity index (χ1n) is 9.79. The Morgan fingerprint density at radius 1 is 1.23 bits per heavy atom. The zero-order chi connectivity index (χ0) is 18.7. The van der Waals surface area contributed by atoms with E-state index >= 15 is 0 Å². The molecule has 1 saturated carbocycles. The van der Waals surface area contributed by atoms with Crippen LogP contribution in [0, 0.1) is 11.3 Å². The fourth-order valence-electron chi connectivity index (χ4n) is 4.12. The van der Waals surface area contributed by atoms with Crippen molar-refractivity contribution in [1.29, 1.82) is 5.41 Å². The lowest BCUT2D eigenvalue weighted by molar-refractivity contribution is -0.132. The third kappa shape index (κ3) is 3.87. The van der Waals surface area contributed by atoms with Gasteiger partial charge in [0.25, 0.3) is 5.91 Å². The first kappa shape index (κ1) is 18.7. The highest BCUT2D eigenvalue weighted by atomic mass is 16.5. The average Bonchev–Trinajstić information content (AvgIpc) is 2.85. The minimum Gasteiger partial charge on any atom is -0.491 e. The zero-order valence-corrected chi connectivity index (χ0v) is 16.2. The second kappa shape index (κ2) is 7.68. The third-order valence-electron chi connectivity index (χ3n) is 5.80. The second-order valence-corrected chi connectivity index (χ2v) is 8.14. The summed E-state index contributed by atoms with van der Waals surface area (Å²) in [6.45, 7) is 4.59. The molecule has 2 fully saturated rings. The summed E-state index contributed by atoms with van der Waals surface area (Å²) in [7, 11) is 1.66. The van der Waals surface area contributed by atoms with E-state index in [-0.39, 0.29) is 18.5 Å². The quantitative estimate of drug-likeness (QED) is 0.812. The van der Waals surface area contributed by atoms with E-state index in [1.54, 1.807) is 7.05 Å². The lowest BCUT2D eigenvalue weighted by Gasteiger charge is -2.32. The van der Waals surface area contributed by atoms with E-state index in [2.05, 4.69) is 31.3 Å². The van der Waals surface area contributed by atoms with Crippen molar-refractivity contribution in [3.63, 3.8) is 0 Å². The van der Waals surface area contributed by atoms with Gasteiger partial charge in [0, 0.05) is 7.05 Å². The molecule has 1 amide bonds. The Hall–Kier alpha value is -2.04. The van der Waals surface area contributed by atoms with Gasteiger partial charge in [-0.05, 0) is 36.0 Å². The van der Waals surface area contributed by atoms with Crippen LogP contribution in [0.5, 0.6) is 5.75 Å². The number of likely N-dealkylation sites (N-methyl/N-ethyl adjacent to an activating group) is 1. The molecule has 0 bridgehead atoms. The zero-order valence-electron chi connectivity index (χ0n) is 16.2. The van der Waals surface area contributed by atoms with Gasteiger partial charge in [0.1, 0.15) is 12.4 Å². The highest BCUT2D eigenvalue weighted by Crippen LogP contribution is 2.34. The molecular weight excluding hydrogens is 326 g/mol. The van der Waals surface area contributed by atoms with Crippen molar-refractivity contribution in [2.24, 2.45) is 5.92 Å². The summed E-state index contributed by atoms with van der Waals surface area (Å²) in [6, 6.07) is 8.09. The number of carbonyl (C=O) groups is 1. The maximum atomic E-state index is 12.9. The molecule has 1 heterocycles. The van der Waals surface area contributed by atoms with Crippen molar-refractivity contribution in [3.05, 3.63) is 29.8 Å². The number of nitrogens with zero attached hydrogens (tertiary/aromatic N) is 1. The first-order chi connectivity index (χ1) is 12.4. The highest BCUT2D eigenvalue weighted by molar-refractivity contribution is 6.07. The summed E-state index contributed by atoms with van der Waals surface area (Å²) in [6.07, 6.45) is 6.83. The molecule has 1 aliphatic carbocycles. The van der Waals surface area contributed by atoms with Gasteiger partial charge in [-0.25, -0.2) is 0 Å². The number of rotatable bonds is 6. The van der Waals surface area contributed by atoms with Gasteiger partial charge in [-0.15, -0.1) is 0 Å². The molecule has 1 unspecified atom stereocenters. The number of hydrogen-bond donors (Lipinski definition) is 2. The van der Waals surface area contributed by atoms with Gasteiger partial charge in [0.2, 0.25) is 0 Å². The SMILES string of the molecule is CC(C)c1ccc(OCC2(CC3CCCCC3)NC(=N)N(C)C2=O)cc1. The lowest BCUT2D eigenvalue weighted by atomic mass is 9.79. The third-order valence-corrected chi connectivity index (χ3v) is 5.80. The van der Waals surface area contributed by atoms with Crippen molar-refractivity contribution in [1.82, 2.24) is 10.2 Å². The molecule has 1 aromatic carbocycles. The second-order valence-electron chi connectivity index (χ2n) is 8.14. The Kier molecular flexibility index (Phi) is 5.54. The molecule has 0 spiro atoms. The van der Waals surface area contributed by atoms with Crippen LogP contribution in [0.4, 0.5) is 0 Å². The molecule has 142 valence electrons. The summed E-state index contributed by atoms with van der Waals surface area (Å²) >= 11 is 0. The Labute approximate surface area is 156 Å². The molecule has 2 N–H and O–H groups in total. The number of ether oxygens (including phenoxy) is 1. The molecule has 5 nitrogen and oxygen atoms in total. The molecule has 1 aliphatic heterocycles. The minimum atomic E-state index is -0.815. The summed E-state index contributed by atoms with van der Waals surface area (Å²) < 4.78 is 6.03. The lowest BCUT2D eigenvalue weighted by Crippen LogP contribution is -2.53. The normalized spacial score (nSPS) is 24.2. The Balaban J connectivity index is 1.73. The van der Waals surface area contributed by atoms with E-state index in [1.807, 2.05) is 12.1 Å². The van der Waals surface area contributed by atoms with E-state index < -0.39 is 5.54 Å². The van der Waals surface area contributed by atoms with Crippen LogP contribution in [-0.2, 0) is 4.79 Å². The number of amides is 1. The van der Waals surface area contributed by atoms with Gasteiger partial charge in [-0.2, -0.15) is 0 Å². The predicted molar refractivity (Wildman–Crippen MR) is 104 cm³/mol. The minimum absolute atomic E-state index is 0.0492. The Morgan fingerprint density at radius 2 is 1.88 bits per heavy atom. The summed E-state index contributed by atoms with van der Waals surface area (Å²) in [5, 5.41) is 11.2. The summed E-state index contributed by atoms with van der Waals surface area (Å²) in [4.78, 5) is 14.3.